The van der Waals surface area contributed by atoms with E-state index in [0.717, 1.165) is 18.4 Å². The number of nitrogens with one attached hydrogen (secondary N) is 1. The second kappa shape index (κ2) is 9.15. The van der Waals surface area contributed by atoms with Crippen molar-refractivity contribution in [3.63, 3.8) is 0 Å². The number of piperidine rings is 1. The summed E-state index contributed by atoms with van der Waals surface area (Å²) in [6.45, 7) is 2.42. The molecular formula is C19H23N3O4. The number of aromatic nitrogens is 1. The SMILES string of the molecule is O=C(COCc1ccccc1)NCC1CCN(C(=O)c2ccon2)CC1. The van der Waals surface area contributed by atoms with Gasteiger partial charge in [-0.1, -0.05) is 35.5 Å². The third-order valence-electron chi connectivity index (χ3n) is 4.49. The standard InChI is InChI=1S/C19H23N3O4/c23-18(14-25-13-16-4-2-1-3-5-16)20-12-15-6-9-22(10-7-15)19(24)17-8-11-26-21-17/h1-5,8,11,15H,6-7,9-10,12-14H2,(H,20,23). The minimum Gasteiger partial charge on any atom is -0.367 e. The highest BCUT2D eigenvalue weighted by molar-refractivity contribution is 5.92. The van der Waals surface area contributed by atoms with Gasteiger partial charge in [-0.2, -0.15) is 0 Å². The minimum absolute atomic E-state index is 0.0540. The van der Waals surface area contributed by atoms with Crippen molar-refractivity contribution in [1.29, 1.82) is 0 Å². The summed E-state index contributed by atoms with van der Waals surface area (Å²) in [5.74, 6) is 0.159. The van der Waals surface area contributed by atoms with Crippen LogP contribution in [0.2, 0.25) is 0 Å². The summed E-state index contributed by atoms with van der Waals surface area (Å²) in [6, 6.07) is 11.3. The van der Waals surface area contributed by atoms with Gasteiger partial charge in [0.15, 0.2) is 5.69 Å². The van der Waals surface area contributed by atoms with E-state index in [9.17, 15) is 9.59 Å². The van der Waals surface area contributed by atoms with Crippen molar-refractivity contribution in [2.24, 2.45) is 5.92 Å². The first kappa shape index (κ1) is 18.1. The fraction of sp³-hybridized carbons (Fsp3) is 0.421. The van der Waals surface area contributed by atoms with Crippen LogP contribution in [-0.4, -0.2) is 48.1 Å². The molecule has 138 valence electrons. The molecule has 2 amide bonds. The van der Waals surface area contributed by atoms with Crippen LogP contribution in [0.5, 0.6) is 0 Å². The number of hydrogen-bond donors (Lipinski definition) is 1. The topological polar surface area (TPSA) is 84.7 Å². The van der Waals surface area contributed by atoms with Gasteiger partial charge >= 0.3 is 0 Å². The molecule has 2 aromatic rings. The smallest absolute Gasteiger partial charge is 0.276 e. The number of carbonyl (C=O) groups excluding carboxylic acids is 2. The van der Waals surface area contributed by atoms with Crippen LogP contribution in [0.1, 0.15) is 28.9 Å². The molecule has 0 spiro atoms. The summed E-state index contributed by atoms with van der Waals surface area (Å²) < 4.78 is 10.1. The molecular weight excluding hydrogens is 334 g/mol. The third-order valence-corrected chi connectivity index (χ3v) is 4.49. The molecule has 0 atom stereocenters. The summed E-state index contributed by atoms with van der Waals surface area (Å²) in [5, 5.41) is 6.60. The zero-order chi connectivity index (χ0) is 18.2. The molecule has 0 bridgehead atoms. The van der Waals surface area contributed by atoms with E-state index in [1.807, 2.05) is 30.3 Å². The third kappa shape index (κ3) is 5.16. The zero-order valence-electron chi connectivity index (χ0n) is 14.6. The van der Waals surface area contributed by atoms with Gasteiger partial charge in [0.1, 0.15) is 12.9 Å². The van der Waals surface area contributed by atoms with E-state index in [1.54, 1.807) is 11.0 Å². The van der Waals surface area contributed by atoms with E-state index in [0.29, 0.717) is 37.9 Å². The number of nitrogens with zero attached hydrogens (tertiary/aromatic N) is 2. The largest absolute Gasteiger partial charge is 0.367 e. The maximum absolute atomic E-state index is 12.2. The molecule has 3 rings (SSSR count). The van der Waals surface area contributed by atoms with Crippen LogP contribution in [0.4, 0.5) is 0 Å². The quantitative estimate of drug-likeness (QED) is 0.818. The molecule has 1 aromatic heterocycles. The average Bonchev–Trinajstić information content (AvgIpc) is 3.22. The van der Waals surface area contributed by atoms with Crippen LogP contribution in [0.3, 0.4) is 0 Å². The molecule has 7 heteroatoms. The zero-order valence-corrected chi connectivity index (χ0v) is 14.6. The Kier molecular flexibility index (Phi) is 6.38. The van der Waals surface area contributed by atoms with Gasteiger partial charge in [-0.05, 0) is 24.3 Å². The lowest BCUT2D eigenvalue weighted by molar-refractivity contribution is -0.126. The minimum atomic E-state index is -0.109. The van der Waals surface area contributed by atoms with Gasteiger partial charge in [-0.25, -0.2) is 0 Å². The summed E-state index contributed by atoms with van der Waals surface area (Å²) >= 11 is 0. The van der Waals surface area contributed by atoms with E-state index < -0.39 is 0 Å². The molecule has 0 unspecified atom stereocenters. The molecule has 1 aromatic carbocycles. The van der Waals surface area contributed by atoms with Gasteiger partial charge in [0.05, 0.1) is 6.61 Å². The van der Waals surface area contributed by atoms with E-state index in [4.69, 9.17) is 9.26 Å². The Hall–Kier alpha value is -2.67. The van der Waals surface area contributed by atoms with Crippen LogP contribution < -0.4 is 5.32 Å². The molecule has 2 heterocycles. The first-order valence-electron chi connectivity index (χ1n) is 8.80. The Morgan fingerprint density at radius 2 is 1.96 bits per heavy atom. The molecule has 1 aliphatic rings. The first-order valence-corrected chi connectivity index (χ1v) is 8.80. The van der Waals surface area contributed by atoms with Crippen LogP contribution in [-0.2, 0) is 16.1 Å². The number of carbonyl (C=O) groups is 2. The second-order valence-corrected chi connectivity index (χ2v) is 6.40. The van der Waals surface area contributed by atoms with Crippen molar-refractivity contribution in [2.45, 2.75) is 19.4 Å². The normalized spacial score (nSPS) is 15.0. The number of hydrogen-bond acceptors (Lipinski definition) is 5. The molecule has 0 radical (unpaired) electrons. The molecule has 26 heavy (non-hydrogen) atoms. The second-order valence-electron chi connectivity index (χ2n) is 6.40. The van der Waals surface area contributed by atoms with Crippen LogP contribution in [0, 0.1) is 5.92 Å². The van der Waals surface area contributed by atoms with Crippen molar-refractivity contribution in [3.8, 4) is 0 Å². The van der Waals surface area contributed by atoms with E-state index in [-0.39, 0.29) is 18.4 Å². The lowest BCUT2D eigenvalue weighted by Gasteiger charge is -2.31. The van der Waals surface area contributed by atoms with Gasteiger partial charge in [0.2, 0.25) is 5.91 Å². The maximum atomic E-state index is 12.2. The number of likely N-dealkylation sites (tertiary alicyclic amines) is 1. The lowest BCUT2D eigenvalue weighted by atomic mass is 9.96. The van der Waals surface area contributed by atoms with Gasteiger partial charge < -0.3 is 19.5 Å². The number of ether oxygens (including phenoxy) is 1. The van der Waals surface area contributed by atoms with Crippen molar-refractivity contribution in [2.75, 3.05) is 26.2 Å². The predicted molar refractivity (Wildman–Crippen MR) is 94.2 cm³/mol. The number of benzene rings is 1. The van der Waals surface area contributed by atoms with Crippen molar-refractivity contribution in [3.05, 3.63) is 53.9 Å². The monoisotopic (exact) mass is 357 g/mol. The molecule has 1 fully saturated rings. The first-order chi connectivity index (χ1) is 12.7. The fourth-order valence-electron chi connectivity index (χ4n) is 2.97. The Labute approximate surface area is 152 Å². The van der Waals surface area contributed by atoms with Gasteiger partial charge in [0.25, 0.3) is 5.91 Å². The van der Waals surface area contributed by atoms with Gasteiger partial charge in [0, 0.05) is 25.7 Å². The Morgan fingerprint density at radius 1 is 1.19 bits per heavy atom. The van der Waals surface area contributed by atoms with Crippen LogP contribution in [0.25, 0.3) is 0 Å². The summed E-state index contributed by atoms with van der Waals surface area (Å²) in [5.41, 5.74) is 1.39. The highest BCUT2D eigenvalue weighted by Crippen LogP contribution is 2.18. The van der Waals surface area contributed by atoms with Gasteiger partial charge in [-0.15, -0.1) is 0 Å². The van der Waals surface area contributed by atoms with Gasteiger partial charge in [-0.3, -0.25) is 9.59 Å². The summed E-state index contributed by atoms with van der Waals surface area (Å²) in [4.78, 5) is 25.8. The highest BCUT2D eigenvalue weighted by atomic mass is 16.5. The molecule has 0 saturated carbocycles. The van der Waals surface area contributed by atoms with Crippen molar-refractivity contribution >= 4 is 11.8 Å². The Balaban J connectivity index is 1.31. The van der Waals surface area contributed by atoms with E-state index in [1.165, 1.54) is 6.26 Å². The molecule has 7 nitrogen and oxygen atoms in total. The summed E-state index contributed by atoms with van der Waals surface area (Å²) in [7, 11) is 0. The highest BCUT2D eigenvalue weighted by Gasteiger charge is 2.25. The Bertz CT molecular complexity index is 695. The molecule has 1 N–H and O–H groups in total. The van der Waals surface area contributed by atoms with Crippen LogP contribution in [0.15, 0.2) is 47.2 Å². The number of amides is 2. The summed E-state index contributed by atoms with van der Waals surface area (Å²) in [6.07, 6.45) is 3.11. The molecule has 1 aliphatic heterocycles. The average molecular weight is 357 g/mol. The predicted octanol–water partition coefficient (Wildman–Crippen LogP) is 1.86. The van der Waals surface area contributed by atoms with Crippen molar-refractivity contribution in [1.82, 2.24) is 15.4 Å². The number of rotatable bonds is 7. The van der Waals surface area contributed by atoms with E-state index in [2.05, 4.69) is 10.5 Å². The Morgan fingerprint density at radius 3 is 2.65 bits per heavy atom. The van der Waals surface area contributed by atoms with Crippen molar-refractivity contribution < 1.29 is 18.8 Å². The lowest BCUT2D eigenvalue weighted by Crippen LogP contribution is -2.42. The van der Waals surface area contributed by atoms with Crippen LogP contribution >= 0.6 is 0 Å². The fourth-order valence-corrected chi connectivity index (χ4v) is 2.97. The molecule has 0 aliphatic carbocycles. The molecule has 1 saturated heterocycles. The van der Waals surface area contributed by atoms with E-state index >= 15 is 0 Å². The maximum Gasteiger partial charge on any atom is 0.276 e.